The summed E-state index contributed by atoms with van der Waals surface area (Å²) >= 11 is 5.52. The molecule has 0 aromatic carbocycles. The molecule has 0 aliphatic carbocycles. The molecule has 0 N–H and O–H groups in total. The summed E-state index contributed by atoms with van der Waals surface area (Å²) in [6.45, 7) is 0. The Morgan fingerprint density at radius 1 is 1.50 bits per heavy atom. The van der Waals surface area contributed by atoms with Gasteiger partial charge in [-0.15, -0.1) is 11.6 Å². The molecular formula is C4H7ClO2S. The van der Waals surface area contributed by atoms with E-state index in [1.165, 1.54) is 0 Å². The fraction of sp³-hybridized carbons (Fsp3) is 1.00. The van der Waals surface area contributed by atoms with Crippen molar-refractivity contribution in [1.29, 1.82) is 0 Å². The number of rotatable bonds is 0. The second-order valence-corrected chi connectivity index (χ2v) is 4.85. The number of hydrogen-bond donors (Lipinski definition) is 0. The van der Waals surface area contributed by atoms with Gasteiger partial charge in [-0.25, -0.2) is 8.42 Å². The molecular weight excluding hydrogens is 148 g/mol. The van der Waals surface area contributed by atoms with Gasteiger partial charge in [0, 0.05) is 5.38 Å². The third-order valence-electron chi connectivity index (χ3n) is 1.18. The van der Waals surface area contributed by atoms with Crippen molar-refractivity contribution in [2.75, 3.05) is 11.5 Å². The number of sulfone groups is 1. The van der Waals surface area contributed by atoms with E-state index in [0.29, 0.717) is 6.42 Å². The Balaban J connectivity index is 2.71. The van der Waals surface area contributed by atoms with E-state index < -0.39 is 9.84 Å². The SMILES string of the molecule is O=S1(=O)CCC(Cl)C1. The monoisotopic (exact) mass is 154 g/mol. The van der Waals surface area contributed by atoms with Crippen molar-refractivity contribution < 1.29 is 8.42 Å². The van der Waals surface area contributed by atoms with Gasteiger partial charge in [0.25, 0.3) is 0 Å². The lowest BCUT2D eigenvalue weighted by atomic mass is 10.4. The molecule has 0 spiro atoms. The Bertz CT molecular complexity index is 172. The van der Waals surface area contributed by atoms with Crippen LogP contribution in [0, 0.1) is 0 Å². The summed E-state index contributed by atoms with van der Waals surface area (Å²) in [6.07, 6.45) is 0.629. The standard InChI is InChI=1S/C4H7ClO2S/c5-4-1-2-8(6,7)3-4/h4H,1-3H2. The van der Waals surface area contributed by atoms with Crippen molar-refractivity contribution >= 4 is 21.4 Å². The normalized spacial score (nSPS) is 35.4. The predicted molar refractivity (Wildman–Crippen MR) is 32.9 cm³/mol. The van der Waals surface area contributed by atoms with Crippen LogP contribution in [0.25, 0.3) is 0 Å². The minimum Gasteiger partial charge on any atom is -0.229 e. The van der Waals surface area contributed by atoms with Gasteiger partial charge in [0.2, 0.25) is 0 Å². The van der Waals surface area contributed by atoms with E-state index in [4.69, 9.17) is 11.6 Å². The first-order chi connectivity index (χ1) is 3.60. The molecule has 1 aliphatic rings. The quantitative estimate of drug-likeness (QED) is 0.474. The largest absolute Gasteiger partial charge is 0.229 e. The zero-order chi connectivity index (χ0) is 6.20. The van der Waals surface area contributed by atoms with Crippen molar-refractivity contribution in [3.8, 4) is 0 Å². The Morgan fingerprint density at radius 3 is 2.25 bits per heavy atom. The fourth-order valence-electron chi connectivity index (χ4n) is 0.750. The first-order valence-corrected chi connectivity index (χ1v) is 4.70. The van der Waals surface area contributed by atoms with E-state index in [9.17, 15) is 8.42 Å². The highest BCUT2D eigenvalue weighted by molar-refractivity contribution is 7.91. The van der Waals surface area contributed by atoms with Crippen LogP contribution in [0.3, 0.4) is 0 Å². The molecule has 1 saturated heterocycles. The van der Waals surface area contributed by atoms with Crippen molar-refractivity contribution in [2.45, 2.75) is 11.8 Å². The Kier molecular flexibility index (Phi) is 1.50. The summed E-state index contributed by atoms with van der Waals surface area (Å²) < 4.78 is 21.1. The highest BCUT2D eigenvalue weighted by Gasteiger charge is 2.25. The topological polar surface area (TPSA) is 34.1 Å². The molecule has 0 bridgehead atoms. The summed E-state index contributed by atoms with van der Waals surface area (Å²) in [7, 11) is -2.73. The van der Waals surface area contributed by atoms with Crippen LogP contribution >= 0.6 is 11.6 Å². The summed E-state index contributed by atoms with van der Waals surface area (Å²) in [5.74, 6) is 0.454. The van der Waals surface area contributed by atoms with Crippen molar-refractivity contribution in [3.63, 3.8) is 0 Å². The van der Waals surface area contributed by atoms with Gasteiger partial charge in [-0.05, 0) is 6.42 Å². The third-order valence-corrected chi connectivity index (χ3v) is 3.50. The van der Waals surface area contributed by atoms with Gasteiger partial charge in [0.15, 0.2) is 9.84 Å². The van der Waals surface area contributed by atoms with E-state index in [0.717, 1.165) is 0 Å². The molecule has 0 amide bonds. The van der Waals surface area contributed by atoms with Crippen LogP contribution in [0.5, 0.6) is 0 Å². The van der Waals surface area contributed by atoms with Crippen LogP contribution in [-0.2, 0) is 9.84 Å². The van der Waals surface area contributed by atoms with Crippen LogP contribution < -0.4 is 0 Å². The average Bonchev–Trinajstić information content (AvgIpc) is 1.82. The maximum Gasteiger partial charge on any atom is 0.151 e. The molecule has 1 rings (SSSR count). The Morgan fingerprint density at radius 2 is 2.12 bits per heavy atom. The van der Waals surface area contributed by atoms with E-state index in [-0.39, 0.29) is 16.9 Å². The third kappa shape index (κ3) is 1.36. The minimum atomic E-state index is -2.73. The van der Waals surface area contributed by atoms with Gasteiger partial charge in [0.1, 0.15) is 0 Å². The molecule has 48 valence electrons. The van der Waals surface area contributed by atoms with Crippen LogP contribution in [0.15, 0.2) is 0 Å². The minimum absolute atomic E-state index is 0.125. The number of halogens is 1. The van der Waals surface area contributed by atoms with Gasteiger partial charge in [-0.2, -0.15) is 0 Å². The van der Waals surface area contributed by atoms with Gasteiger partial charge in [-0.1, -0.05) is 0 Å². The van der Waals surface area contributed by atoms with E-state index >= 15 is 0 Å². The predicted octanol–water partition coefficient (Wildman–Crippen LogP) is 0.412. The van der Waals surface area contributed by atoms with E-state index in [1.54, 1.807) is 0 Å². The van der Waals surface area contributed by atoms with Crippen molar-refractivity contribution in [1.82, 2.24) is 0 Å². The lowest BCUT2D eigenvalue weighted by Crippen LogP contribution is -2.03. The van der Waals surface area contributed by atoms with E-state index in [1.807, 2.05) is 0 Å². The molecule has 4 heteroatoms. The van der Waals surface area contributed by atoms with Crippen LogP contribution in [0.1, 0.15) is 6.42 Å². The van der Waals surface area contributed by atoms with Gasteiger partial charge in [-0.3, -0.25) is 0 Å². The maximum atomic E-state index is 10.6. The molecule has 0 aromatic heterocycles. The van der Waals surface area contributed by atoms with Crippen molar-refractivity contribution in [2.24, 2.45) is 0 Å². The summed E-state index contributed by atoms with van der Waals surface area (Å²) in [5.41, 5.74) is 0. The number of hydrogen-bond acceptors (Lipinski definition) is 2. The van der Waals surface area contributed by atoms with Gasteiger partial charge < -0.3 is 0 Å². The zero-order valence-electron chi connectivity index (χ0n) is 4.30. The molecule has 1 fully saturated rings. The second-order valence-electron chi connectivity index (χ2n) is 2.00. The van der Waals surface area contributed by atoms with E-state index in [2.05, 4.69) is 0 Å². The summed E-state index contributed by atoms with van der Waals surface area (Å²) in [6, 6.07) is 0. The van der Waals surface area contributed by atoms with Crippen molar-refractivity contribution in [3.05, 3.63) is 0 Å². The summed E-state index contributed by atoms with van der Waals surface area (Å²) in [4.78, 5) is 0. The van der Waals surface area contributed by atoms with Crippen LogP contribution in [-0.4, -0.2) is 25.3 Å². The first kappa shape index (κ1) is 6.36. The first-order valence-electron chi connectivity index (χ1n) is 2.45. The molecule has 1 aliphatic heterocycles. The lowest BCUT2D eigenvalue weighted by Gasteiger charge is -1.87. The molecule has 8 heavy (non-hydrogen) atoms. The molecule has 1 heterocycles. The highest BCUT2D eigenvalue weighted by Crippen LogP contribution is 2.15. The highest BCUT2D eigenvalue weighted by atomic mass is 35.5. The fourth-order valence-corrected chi connectivity index (χ4v) is 3.09. The maximum absolute atomic E-state index is 10.6. The molecule has 0 saturated carbocycles. The molecule has 1 atom stereocenters. The lowest BCUT2D eigenvalue weighted by molar-refractivity contribution is 0.602. The van der Waals surface area contributed by atoms with Crippen LogP contribution in [0.4, 0.5) is 0 Å². The molecule has 0 aromatic rings. The smallest absolute Gasteiger partial charge is 0.151 e. The Hall–Kier alpha value is 0.240. The van der Waals surface area contributed by atoms with Gasteiger partial charge in [0.05, 0.1) is 11.5 Å². The van der Waals surface area contributed by atoms with Gasteiger partial charge >= 0.3 is 0 Å². The molecule has 0 radical (unpaired) electrons. The average molecular weight is 155 g/mol. The zero-order valence-corrected chi connectivity index (χ0v) is 5.87. The Labute approximate surface area is 53.8 Å². The van der Waals surface area contributed by atoms with Crippen LogP contribution in [0.2, 0.25) is 0 Å². The number of alkyl halides is 1. The molecule has 2 nitrogen and oxygen atoms in total. The second kappa shape index (κ2) is 1.88. The molecule has 1 unspecified atom stereocenters. The summed E-state index contributed by atoms with van der Waals surface area (Å²) in [5, 5.41) is -0.125.